The van der Waals surface area contributed by atoms with E-state index >= 15 is 0 Å². The van der Waals surface area contributed by atoms with Crippen LogP contribution in [-0.4, -0.2) is 29.2 Å². The first-order chi connectivity index (χ1) is 10.0. The average Bonchev–Trinajstić information content (AvgIpc) is 2.38. The van der Waals surface area contributed by atoms with Crippen LogP contribution in [0.15, 0.2) is 18.2 Å². The summed E-state index contributed by atoms with van der Waals surface area (Å²) in [6.07, 6.45) is -6.36. The van der Waals surface area contributed by atoms with Crippen molar-refractivity contribution in [3.63, 3.8) is 0 Å². The molecule has 0 aliphatic heterocycles. The number of alkyl halides is 3. The van der Waals surface area contributed by atoms with Gasteiger partial charge in [0, 0.05) is 0 Å². The van der Waals surface area contributed by atoms with Gasteiger partial charge in [0.15, 0.2) is 0 Å². The summed E-state index contributed by atoms with van der Waals surface area (Å²) in [5.74, 6) is -3.49. The fraction of sp³-hybridized carbons (Fsp3) is 0.385. The van der Waals surface area contributed by atoms with E-state index in [0.29, 0.717) is 5.56 Å². The van der Waals surface area contributed by atoms with Gasteiger partial charge in [0.2, 0.25) is 5.91 Å². The van der Waals surface area contributed by atoms with Crippen LogP contribution in [0.5, 0.6) is 0 Å². The zero-order valence-corrected chi connectivity index (χ0v) is 12.8. The third-order valence-electron chi connectivity index (χ3n) is 2.89. The fourth-order valence-electron chi connectivity index (χ4n) is 1.66. The van der Waals surface area contributed by atoms with Crippen LogP contribution in [0.1, 0.15) is 24.8 Å². The van der Waals surface area contributed by atoms with E-state index < -0.39 is 36.4 Å². The smallest absolute Gasteiger partial charge is 0.391 e. The van der Waals surface area contributed by atoms with Crippen molar-refractivity contribution in [2.24, 2.45) is 0 Å². The maximum Gasteiger partial charge on any atom is 0.391 e. The second-order valence-electron chi connectivity index (χ2n) is 4.61. The van der Waals surface area contributed by atoms with Crippen LogP contribution in [0.4, 0.5) is 13.2 Å². The van der Waals surface area contributed by atoms with Crippen LogP contribution in [-0.2, 0) is 9.59 Å². The van der Waals surface area contributed by atoms with Gasteiger partial charge in [-0.25, -0.2) is 4.79 Å². The number of carboxylic acids is 1. The Morgan fingerprint density at radius 3 is 2.32 bits per heavy atom. The Bertz CT molecular complexity index is 578. The number of carbonyl (C=O) groups excluding carboxylic acids is 1. The van der Waals surface area contributed by atoms with Gasteiger partial charge in [-0.05, 0) is 24.6 Å². The van der Waals surface area contributed by atoms with E-state index in [9.17, 15) is 22.8 Å². The molecule has 0 aliphatic carbocycles. The topological polar surface area (TPSA) is 66.4 Å². The summed E-state index contributed by atoms with van der Waals surface area (Å²) in [7, 11) is 0. The van der Waals surface area contributed by atoms with Crippen LogP contribution in [0, 0.1) is 0 Å². The van der Waals surface area contributed by atoms with Crippen molar-refractivity contribution < 1.29 is 27.9 Å². The van der Waals surface area contributed by atoms with Gasteiger partial charge < -0.3 is 10.4 Å². The molecule has 0 saturated carbocycles. The normalized spacial score (nSPS) is 14.3. The Hall–Kier alpha value is -1.47. The molecule has 0 saturated heterocycles. The Labute approximate surface area is 134 Å². The molecule has 0 heterocycles. The molecule has 2 atom stereocenters. The predicted molar refractivity (Wildman–Crippen MR) is 75.1 cm³/mol. The van der Waals surface area contributed by atoms with Gasteiger partial charge in [-0.3, -0.25) is 4.79 Å². The minimum Gasteiger partial charge on any atom is -0.480 e. The zero-order valence-electron chi connectivity index (χ0n) is 11.2. The van der Waals surface area contributed by atoms with E-state index in [1.165, 1.54) is 25.1 Å². The first-order valence-corrected chi connectivity index (χ1v) is 6.81. The van der Waals surface area contributed by atoms with E-state index in [1.54, 1.807) is 0 Å². The van der Waals surface area contributed by atoms with E-state index in [2.05, 4.69) is 0 Å². The molecule has 0 fully saturated rings. The van der Waals surface area contributed by atoms with Crippen molar-refractivity contribution in [3.05, 3.63) is 33.8 Å². The SMILES string of the molecule is CC(C(=O)NC(CC(F)(F)F)C(=O)O)c1ccc(Cl)c(Cl)c1. The highest BCUT2D eigenvalue weighted by molar-refractivity contribution is 6.42. The number of aliphatic carboxylic acids is 1. The third-order valence-corrected chi connectivity index (χ3v) is 3.63. The first-order valence-electron chi connectivity index (χ1n) is 6.06. The molecule has 1 amide bonds. The molecule has 1 aromatic rings. The van der Waals surface area contributed by atoms with E-state index in [0.717, 1.165) is 0 Å². The molecule has 1 rings (SSSR count). The fourth-order valence-corrected chi connectivity index (χ4v) is 1.97. The van der Waals surface area contributed by atoms with Crippen molar-refractivity contribution >= 4 is 35.1 Å². The van der Waals surface area contributed by atoms with Gasteiger partial charge >= 0.3 is 12.1 Å². The Morgan fingerprint density at radius 1 is 1.27 bits per heavy atom. The third kappa shape index (κ3) is 5.38. The van der Waals surface area contributed by atoms with Crippen LogP contribution >= 0.6 is 23.2 Å². The molecule has 0 bridgehead atoms. The monoisotopic (exact) mass is 357 g/mol. The van der Waals surface area contributed by atoms with E-state index in [1.807, 2.05) is 5.32 Å². The number of nitrogens with one attached hydrogen (secondary N) is 1. The highest BCUT2D eigenvalue weighted by atomic mass is 35.5. The number of carboxylic acid groups (broad SMARTS) is 1. The molecule has 0 radical (unpaired) electrons. The molecule has 122 valence electrons. The highest BCUT2D eigenvalue weighted by Gasteiger charge is 2.36. The lowest BCUT2D eigenvalue weighted by Crippen LogP contribution is -2.45. The quantitative estimate of drug-likeness (QED) is 0.845. The van der Waals surface area contributed by atoms with Crippen molar-refractivity contribution in [2.75, 3.05) is 0 Å². The van der Waals surface area contributed by atoms with E-state index in [4.69, 9.17) is 28.3 Å². The lowest BCUT2D eigenvalue weighted by Gasteiger charge is -2.19. The molecule has 9 heteroatoms. The molecular weight excluding hydrogens is 346 g/mol. The predicted octanol–water partition coefficient (Wildman–Crippen LogP) is 3.62. The number of halogens is 5. The number of hydrogen-bond acceptors (Lipinski definition) is 2. The second kappa shape index (κ2) is 7.19. The van der Waals surface area contributed by atoms with Crippen LogP contribution in [0.3, 0.4) is 0 Å². The molecule has 2 N–H and O–H groups in total. The number of rotatable bonds is 5. The van der Waals surface area contributed by atoms with Crippen LogP contribution in [0.25, 0.3) is 0 Å². The summed E-state index contributed by atoms with van der Waals surface area (Å²) in [6.45, 7) is 1.42. The van der Waals surface area contributed by atoms with Crippen molar-refractivity contribution in [3.8, 4) is 0 Å². The first kappa shape index (κ1) is 18.6. The summed E-state index contributed by atoms with van der Waals surface area (Å²) < 4.78 is 36.9. The largest absolute Gasteiger partial charge is 0.480 e. The summed E-state index contributed by atoms with van der Waals surface area (Å²) in [6, 6.07) is 2.27. The molecule has 2 unspecified atom stereocenters. The number of amides is 1. The van der Waals surface area contributed by atoms with Gasteiger partial charge in [-0.15, -0.1) is 0 Å². The molecule has 1 aromatic carbocycles. The molecule has 0 aromatic heterocycles. The van der Waals surface area contributed by atoms with Gasteiger partial charge in [0.05, 0.1) is 22.4 Å². The standard InChI is InChI=1S/C13H12Cl2F3NO3/c1-6(7-2-3-8(14)9(15)4-7)11(20)19-10(12(21)22)5-13(16,17)18/h2-4,6,10H,5H2,1H3,(H,19,20)(H,21,22). The summed E-state index contributed by atoms with van der Waals surface area (Å²) in [5.41, 5.74) is 0.406. The highest BCUT2D eigenvalue weighted by Crippen LogP contribution is 2.27. The lowest BCUT2D eigenvalue weighted by molar-refractivity contribution is -0.160. The van der Waals surface area contributed by atoms with Crippen molar-refractivity contribution in [2.45, 2.75) is 31.5 Å². The zero-order chi connectivity index (χ0) is 17.1. The summed E-state index contributed by atoms with van der Waals surface area (Å²) in [4.78, 5) is 22.7. The molecule has 4 nitrogen and oxygen atoms in total. The van der Waals surface area contributed by atoms with Gasteiger partial charge in [-0.1, -0.05) is 29.3 Å². The maximum absolute atomic E-state index is 12.3. The van der Waals surface area contributed by atoms with Gasteiger partial charge in [-0.2, -0.15) is 13.2 Å². The minimum absolute atomic E-state index is 0.184. The molecule has 22 heavy (non-hydrogen) atoms. The van der Waals surface area contributed by atoms with E-state index in [-0.39, 0.29) is 10.0 Å². The Morgan fingerprint density at radius 2 is 1.86 bits per heavy atom. The Kier molecular flexibility index (Phi) is 6.08. The maximum atomic E-state index is 12.3. The Balaban J connectivity index is 2.84. The lowest BCUT2D eigenvalue weighted by atomic mass is 10.00. The molecular formula is C13H12Cl2F3NO3. The number of hydrogen-bond donors (Lipinski definition) is 2. The number of benzene rings is 1. The van der Waals surface area contributed by atoms with Crippen molar-refractivity contribution in [1.82, 2.24) is 5.32 Å². The van der Waals surface area contributed by atoms with Gasteiger partial charge in [0.25, 0.3) is 0 Å². The number of carbonyl (C=O) groups is 2. The average molecular weight is 358 g/mol. The molecule has 0 spiro atoms. The molecule has 0 aliphatic rings. The van der Waals surface area contributed by atoms with Crippen LogP contribution in [0.2, 0.25) is 10.0 Å². The summed E-state index contributed by atoms with van der Waals surface area (Å²) >= 11 is 11.5. The summed E-state index contributed by atoms with van der Waals surface area (Å²) in [5, 5.41) is 11.1. The van der Waals surface area contributed by atoms with Gasteiger partial charge in [0.1, 0.15) is 6.04 Å². The van der Waals surface area contributed by atoms with Crippen molar-refractivity contribution in [1.29, 1.82) is 0 Å². The second-order valence-corrected chi connectivity index (χ2v) is 5.43. The minimum atomic E-state index is -4.71. The van der Waals surface area contributed by atoms with Crippen LogP contribution < -0.4 is 5.32 Å².